The molecule has 2 aromatic rings. The van der Waals surface area contributed by atoms with Crippen LogP contribution in [0.5, 0.6) is 0 Å². The van der Waals surface area contributed by atoms with Crippen molar-refractivity contribution >= 4 is 27.3 Å². The van der Waals surface area contributed by atoms with E-state index in [-0.39, 0.29) is 18.7 Å². The van der Waals surface area contributed by atoms with Gasteiger partial charge in [-0.25, -0.2) is 17.2 Å². The maximum Gasteiger partial charge on any atom is 0.232 e. The number of amides is 1. The van der Waals surface area contributed by atoms with Crippen LogP contribution in [-0.4, -0.2) is 27.1 Å². The summed E-state index contributed by atoms with van der Waals surface area (Å²) in [6.07, 6.45) is 0.857. The van der Waals surface area contributed by atoms with Crippen LogP contribution < -0.4 is 9.62 Å². The highest BCUT2D eigenvalue weighted by Gasteiger charge is 2.18. The summed E-state index contributed by atoms with van der Waals surface area (Å²) >= 11 is 0. The average Bonchev–Trinajstić information content (AvgIpc) is 2.50. The van der Waals surface area contributed by atoms with Gasteiger partial charge in [-0.05, 0) is 24.3 Å². The molecule has 0 bridgehead atoms. The van der Waals surface area contributed by atoms with E-state index < -0.39 is 27.6 Å². The highest BCUT2D eigenvalue weighted by molar-refractivity contribution is 7.92. The normalized spacial score (nSPS) is 11.1. The van der Waals surface area contributed by atoms with Gasteiger partial charge in [0.15, 0.2) is 0 Å². The summed E-state index contributed by atoms with van der Waals surface area (Å²) in [4.78, 5) is 11.9. The second-order valence-electron chi connectivity index (χ2n) is 5.09. The topological polar surface area (TPSA) is 66.5 Å². The van der Waals surface area contributed by atoms with E-state index in [1.165, 1.54) is 0 Å². The van der Waals surface area contributed by atoms with Crippen molar-refractivity contribution in [3.05, 3.63) is 60.2 Å². The van der Waals surface area contributed by atoms with Crippen LogP contribution >= 0.6 is 0 Å². The molecule has 0 saturated carbocycles. The van der Waals surface area contributed by atoms with Crippen LogP contribution in [-0.2, 0) is 14.8 Å². The first-order valence-electron chi connectivity index (χ1n) is 7.05. The van der Waals surface area contributed by atoms with Gasteiger partial charge in [0, 0.05) is 19.0 Å². The number of hydrogen-bond acceptors (Lipinski definition) is 3. The van der Waals surface area contributed by atoms with Crippen molar-refractivity contribution in [3.63, 3.8) is 0 Å². The van der Waals surface area contributed by atoms with Crippen molar-refractivity contribution in [3.8, 4) is 0 Å². The van der Waals surface area contributed by atoms with E-state index in [0.717, 1.165) is 22.7 Å². The predicted molar refractivity (Wildman–Crippen MR) is 88.2 cm³/mol. The Labute approximate surface area is 139 Å². The number of carbonyl (C=O) groups excluding carboxylic acids is 1. The van der Waals surface area contributed by atoms with Crippen molar-refractivity contribution < 1.29 is 22.0 Å². The molecule has 2 rings (SSSR count). The molecule has 0 aliphatic carbocycles. The zero-order valence-electron chi connectivity index (χ0n) is 12.9. The van der Waals surface area contributed by atoms with Crippen LogP contribution in [0.2, 0.25) is 0 Å². The Bertz CT molecular complexity index is 826. The Morgan fingerprint density at radius 1 is 1.12 bits per heavy atom. The molecule has 0 radical (unpaired) electrons. The van der Waals surface area contributed by atoms with Gasteiger partial charge in [-0.2, -0.15) is 0 Å². The summed E-state index contributed by atoms with van der Waals surface area (Å²) in [7, 11) is -3.57. The molecule has 0 heterocycles. The fraction of sp³-hybridized carbons (Fsp3) is 0.188. The summed E-state index contributed by atoms with van der Waals surface area (Å²) in [5.41, 5.74) is 0.271. The zero-order chi connectivity index (χ0) is 17.7. The van der Waals surface area contributed by atoms with Gasteiger partial charge >= 0.3 is 0 Å². The second kappa shape index (κ2) is 7.39. The van der Waals surface area contributed by atoms with Gasteiger partial charge in [0.2, 0.25) is 15.9 Å². The fourth-order valence-electron chi connectivity index (χ4n) is 2.09. The number of benzene rings is 2. The molecule has 128 valence electrons. The molecule has 2 aromatic carbocycles. The summed E-state index contributed by atoms with van der Waals surface area (Å²) in [5, 5.41) is 2.29. The summed E-state index contributed by atoms with van der Waals surface area (Å²) < 4.78 is 51.2. The Hall–Kier alpha value is -2.48. The standard InChI is InChI=1S/C16H16F2N2O3S/c1-24(22,23)20(13-5-3-2-4-6-13)10-9-16(21)19-15-8-7-12(17)11-14(15)18/h2-8,11H,9-10H2,1H3,(H,19,21). The number of para-hydroxylation sites is 1. The lowest BCUT2D eigenvalue weighted by molar-refractivity contribution is -0.116. The third kappa shape index (κ3) is 4.76. The Balaban J connectivity index is 2.05. The van der Waals surface area contributed by atoms with E-state index in [1.807, 2.05) is 0 Å². The molecular weight excluding hydrogens is 338 g/mol. The minimum atomic E-state index is -3.57. The van der Waals surface area contributed by atoms with Crippen molar-refractivity contribution in [1.82, 2.24) is 0 Å². The molecule has 0 aliphatic rings. The first-order chi connectivity index (χ1) is 11.3. The first-order valence-corrected chi connectivity index (χ1v) is 8.90. The van der Waals surface area contributed by atoms with Gasteiger partial charge in [-0.3, -0.25) is 9.10 Å². The highest BCUT2D eigenvalue weighted by Crippen LogP contribution is 2.18. The molecule has 1 N–H and O–H groups in total. The van der Waals surface area contributed by atoms with Gasteiger partial charge < -0.3 is 5.32 Å². The average molecular weight is 354 g/mol. The SMILES string of the molecule is CS(=O)(=O)N(CCC(=O)Nc1ccc(F)cc1F)c1ccccc1. The number of hydrogen-bond donors (Lipinski definition) is 1. The van der Waals surface area contributed by atoms with Gasteiger partial charge in [0.05, 0.1) is 17.6 Å². The van der Waals surface area contributed by atoms with Crippen molar-refractivity contribution in [1.29, 1.82) is 0 Å². The van der Waals surface area contributed by atoms with Gasteiger partial charge in [-0.15, -0.1) is 0 Å². The van der Waals surface area contributed by atoms with Crippen LogP contribution in [0.15, 0.2) is 48.5 Å². The molecule has 8 heteroatoms. The van der Waals surface area contributed by atoms with E-state index in [4.69, 9.17) is 0 Å². The molecule has 0 unspecified atom stereocenters. The number of sulfonamides is 1. The molecule has 0 atom stereocenters. The largest absolute Gasteiger partial charge is 0.324 e. The Morgan fingerprint density at radius 2 is 1.79 bits per heavy atom. The summed E-state index contributed by atoms with van der Waals surface area (Å²) in [6.45, 7) is -0.0997. The van der Waals surface area contributed by atoms with Gasteiger partial charge in [-0.1, -0.05) is 18.2 Å². The number of nitrogens with zero attached hydrogens (tertiary/aromatic N) is 1. The molecule has 1 amide bonds. The maximum absolute atomic E-state index is 13.5. The smallest absolute Gasteiger partial charge is 0.232 e. The van der Waals surface area contributed by atoms with Crippen molar-refractivity contribution in [2.75, 3.05) is 22.4 Å². The summed E-state index contributed by atoms with van der Waals surface area (Å²) in [6, 6.07) is 11.1. The molecule has 0 aliphatic heterocycles. The van der Waals surface area contributed by atoms with Crippen LogP contribution in [0.25, 0.3) is 0 Å². The minimum Gasteiger partial charge on any atom is -0.324 e. The predicted octanol–water partition coefficient (Wildman–Crippen LogP) is 2.76. The number of nitrogens with one attached hydrogen (secondary N) is 1. The lowest BCUT2D eigenvalue weighted by atomic mass is 10.2. The van der Waals surface area contributed by atoms with Crippen molar-refractivity contribution in [2.45, 2.75) is 6.42 Å². The Morgan fingerprint density at radius 3 is 2.38 bits per heavy atom. The van der Waals surface area contributed by atoms with Crippen LogP contribution in [0.1, 0.15) is 6.42 Å². The highest BCUT2D eigenvalue weighted by atomic mass is 32.2. The maximum atomic E-state index is 13.5. The molecule has 0 aromatic heterocycles. The fourth-order valence-corrected chi connectivity index (χ4v) is 3.01. The third-order valence-corrected chi connectivity index (χ3v) is 4.39. The van der Waals surface area contributed by atoms with Crippen LogP contribution in [0.4, 0.5) is 20.2 Å². The molecule has 0 saturated heterocycles. The lowest BCUT2D eigenvalue weighted by Crippen LogP contribution is -2.33. The minimum absolute atomic E-state index is 0.0997. The molecule has 0 spiro atoms. The van der Waals surface area contributed by atoms with E-state index in [2.05, 4.69) is 5.32 Å². The van der Waals surface area contributed by atoms with Crippen LogP contribution in [0, 0.1) is 11.6 Å². The second-order valence-corrected chi connectivity index (χ2v) is 7.00. The first kappa shape index (κ1) is 17.9. The quantitative estimate of drug-likeness (QED) is 0.867. The Kier molecular flexibility index (Phi) is 5.50. The van der Waals surface area contributed by atoms with Gasteiger partial charge in [0.1, 0.15) is 11.6 Å². The van der Waals surface area contributed by atoms with Crippen LogP contribution in [0.3, 0.4) is 0 Å². The number of anilines is 2. The lowest BCUT2D eigenvalue weighted by Gasteiger charge is -2.22. The monoisotopic (exact) mass is 354 g/mol. The molecular formula is C16H16F2N2O3S. The van der Waals surface area contributed by atoms with E-state index in [9.17, 15) is 22.0 Å². The van der Waals surface area contributed by atoms with Crippen molar-refractivity contribution in [2.24, 2.45) is 0 Å². The number of halogens is 2. The third-order valence-electron chi connectivity index (χ3n) is 3.19. The number of carbonyl (C=O) groups is 1. The van der Waals surface area contributed by atoms with Gasteiger partial charge in [0.25, 0.3) is 0 Å². The van der Waals surface area contributed by atoms with E-state index in [0.29, 0.717) is 11.8 Å². The molecule has 0 fully saturated rings. The molecule has 24 heavy (non-hydrogen) atoms. The molecule has 5 nitrogen and oxygen atoms in total. The van der Waals surface area contributed by atoms with E-state index >= 15 is 0 Å². The number of rotatable bonds is 6. The van der Waals surface area contributed by atoms with E-state index in [1.54, 1.807) is 30.3 Å². The summed E-state index contributed by atoms with van der Waals surface area (Å²) in [5.74, 6) is -2.23. The zero-order valence-corrected chi connectivity index (χ0v) is 13.7.